The SMILES string of the molecule is O=C(NCc1ccc(Cl)cc1)NCc1ccccc1Br. The van der Waals surface area contributed by atoms with Crippen LogP contribution >= 0.6 is 27.5 Å². The van der Waals surface area contributed by atoms with Gasteiger partial charge in [-0.1, -0.05) is 57.9 Å². The van der Waals surface area contributed by atoms with Crippen molar-refractivity contribution in [3.8, 4) is 0 Å². The molecule has 2 rings (SSSR count). The number of carbonyl (C=O) groups excluding carboxylic acids is 1. The molecule has 0 bridgehead atoms. The monoisotopic (exact) mass is 352 g/mol. The number of carbonyl (C=O) groups is 1. The Bertz CT molecular complexity index is 587. The number of urea groups is 1. The Labute approximate surface area is 131 Å². The lowest BCUT2D eigenvalue weighted by Crippen LogP contribution is -2.34. The molecule has 0 aliphatic carbocycles. The highest BCUT2D eigenvalue weighted by atomic mass is 79.9. The Morgan fingerprint density at radius 1 is 1.00 bits per heavy atom. The van der Waals surface area contributed by atoms with Gasteiger partial charge in [0.15, 0.2) is 0 Å². The topological polar surface area (TPSA) is 41.1 Å². The van der Waals surface area contributed by atoms with E-state index in [1.807, 2.05) is 36.4 Å². The Morgan fingerprint density at radius 2 is 1.65 bits per heavy atom. The third-order valence-corrected chi connectivity index (χ3v) is 3.79. The molecule has 0 heterocycles. The van der Waals surface area contributed by atoms with Gasteiger partial charge in [0, 0.05) is 22.6 Å². The average Bonchev–Trinajstić information content (AvgIpc) is 2.46. The molecule has 0 spiro atoms. The van der Waals surface area contributed by atoms with E-state index in [0.717, 1.165) is 15.6 Å². The number of rotatable bonds is 4. The summed E-state index contributed by atoms with van der Waals surface area (Å²) in [5, 5.41) is 6.30. The second kappa shape index (κ2) is 7.31. The van der Waals surface area contributed by atoms with E-state index in [9.17, 15) is 4.79 Å². The van der Waals surface area contributed by atoms with Gasteiger partial charge >= 0.3 is 6.03 Å². The van der Waals surface area contributed by atoms with Crippen molar-refractivity contribution >= 4 is 33.6 Å². The highest BCUT2D eigenvalue weighted by molar-refractivity contribution is 9.10. The Hall–Kier alpha value is -1.52. The predicted octanol–water partition coefficient (Wildman–Crippen LogP) is 4.10. The van der Waals surface area contributed by atoms with Crippen LogP contribution in [0.4, 0.5) is 4.79 Å². The molecule has 0 aromatic heterocycles. The summed E-state index contributed by atoms with van der Waals surface area (Å²) >= 11 is 9.25. The summed E-state index contributed by atoms with van der Waals surface area (Å²) in [5.41, 5.74) is 2.04. The van der Waals surface area contributed by atoms with Crippen molar-refractivity contribution in [1.82, 2.24) is 10.6 Å². The molecule has 0 saturated carbocycles. The molecule has 2 amide bonds. The van der Waals surface area contributed by atoms with Crippen molar-refractivity contribution in [2.24, 2.45) is 0 Å². The summed E-state index contributed by atoms with van der Waals surface area (Å²) in [4.78, 5) is 11.7. The lowest BCUT2D eigenvalue weighted by Gasteiger charge is -2.09. The second-order valence-corrected chi connectivity index (χ2v) is 5.54. The highest BCUT2D eigenvalue weighted by Crippen LogP contribution is 2.15. The van der Waals surface area contributed by atoms with Gasteiger partial charge in [-0.05, 0) is 29.3 Å². The minimum absolute atomic E-state index is 0.198. The molecular formula is C15H14BrClN2O. The van der Waals surface area contributed by atoms with Crippen molar-refractivity contribution in [3.05, 3.63) is 69.2 Å². The summed E-state index contributed by atoms with van der Waals surface area (Å²) in [6.45, 7) is 0.951. The number of halogens is 2. The Morgan fingerprint density at radius 3 is 2.35 bits per heavy atom. The normalized spacial score (nSPS) is 10.1. The lowest BCUT2D eigenvalue weighted by atomic mass is 10.2. The van der Waals surface area contributed by atoms with Crippen LogP contribution in [0.3, 0.4) is 0 Å². The van der Waals surface area contributed by atoms with E-state index in [1.54, 1.807) is 12.1 Å². The number of hydrogen-bond acceptors (Lipinski definition) is 1. The molecule has 0 radical (unpaired) electrons. The number of amides is 2. The van der Waals surface area contributed by atoms with Crippen molar-refractivity contribution < 1.29 is 4.79 Å². The molecule has 104 valence electrons. The molecule has 2 N–H and O–H groups in total. The van der Waals surface area contributed by atoms with Gasteiger partial charge in [-0.3, -0.25) is 0 Å². The van der Waals surface area contributed by atoms with Crippen LogP contribution in [0.25, 0.3) is 0 Å². The average molecular weight is 354 g/mol. The van der Waals surface area contributed by atoms with Gasteiger partial charge in [0.2, 0.25) is 0 Å². The van der Waals surface area contributed by atoms with E-state index >= 15 is 0 Å². The van der Waals surface area contributed by atoms with Crippen LogP contribution in [0.1, 0.15) is 11.1 Å². The van der Waals surface area contributed by atoms with Crippen LogP contribution in [-0.2, 0) is 13.1 Å². The zero-order chi connectivity index (χ0) is 14.4. The van der Waals surface area contributed by atoms with Gasteiger partial charge in [-0.2, -0.15) is 0 Å². The van der Waals surface area contributed by atoms with Crippen molar-refractivity contribution in [3.63, 3.8) is 0 Å². The molecule has 2 aromatic carbocycles. The smallest absolute Gasteiger partial charge is 0.315 e. The van der Waals surface area contributed by atoms with Crippen LogP contribution in [0.15, 0.2) is 53.0 Å². The van der Waals surface area contributed by atoms with Crippen molar-refractivity contribution in [1.29, 1.82) is 0 Å². The molecule has 0 aliphatic heterocycles. The number of benzene rings is 2. The number of nitrogens with one attached hydrogen (secondary N) is 2. The molecule has 0 saturated heterocycles. The van der Waals surface area contributed by atoms with Crippen LogP contribution in [0.5, 0.6) is 0 Å². The minimum atomic E-state index is -0.198. The fraction of sp³-hybridized carbons (Fsp3) is 0.133. The molecule has 0 unspecified atom stereocenters. The highest BCUT2D eigenvalue weighted by Gasteiger charge is 2.02. The maximum Gasteiger partial charge on any atom is 0.315 e. The van der Waals surface area contributed by atoms with Crippen LogP contribution in [0.2, 0.25) is 5.02 Å². The third-order valence-electron chi connectivity index (χ3n) is 2.76. The van der Waals surface area contributed by atoms with E-state index in [2.05, 4.69) is 26.6 Å². The van der Waals surface area contributed by atoms with Crippen LogP contribution in [0, 0.1) is 0 Å². The zero-order valence-electron chi connectivity index (χ0n) is 10.7. The van der Waals surface area contributed by atoms with Gasteiger partial charge in [-0.25, -0.2) is 4.79 Å². The molecule has 20 heavy (non-hydrogen) atoms. The molecular weight excluding hydrogens is 340 g/mol. The number of hydrogen-bond donors (Lipinski definition) is 2. The van der Waals surface area contributed by atoms with Gasteiger partial charge in [0.05, 0.1) is 0 Å². The molecule has 2 aromatic rings. The van der Waals surface area contributed by atoms with Gasteiger partial charge in [0.1, 0.15) is 0 Å². The molecule has 5 heteroatoms. The summed E-state index contributed by atoms with van der Waals surface area (Å²) < 4.78 is 0.984. The molecule has 0 atom stereocenters. The van der Waals surface area contributed by atoms with Gasteiger partial charge in [0.25, 0.3) is 0 Å². The first-order chi connectivity index (χ1) is 9.65. The second-order valence-electron chi connectivity index (χ2n) is 4.25. The molecule has 0 fully saturated rings. The summed E-state index contributed by atoms with van der Waals surface area (Å²) in [6.07, 6.45) is 0. The van der Waals surface area contributed by atoms with E-state index in [4.69, 9.17) is 11.6 Å². The Balaban J connectivity index is 1.78. The van der Waals surface area contributed by atoms with Crippen molar-refractivity contribution in [2.75, 3.05) is 0 Å². The maximum absolute atomic E-state index is 11.7. The van der Waals surface area contributed by atoms with Gasteiger partial charge < -0.3 is 10.6 Å². The van der Waals surface area contributed by atoms with Crippen molar-refractivity contribution in [2.45, 2.75) is 13.1 Å². The standard InChI is InChI=1S/C15H14BrClN2O/c16-14-4-2-1-3-12(14)10-19-15(20)18-9-11-5-7-13(17)8-6-11/h1-8H,9-10H2,(H2,18,19,20). The summed E-state index contributed by atoms with van der Waals surface area (Å²) in [5.74, 6) is 0. The van der Waals surface area contributed by atoms with E-state index in [-0.39, 0.29) is 6.03 Å². The fourth-order valence-corrected chi connectivity index (χ4v) is 2.22. The summed E-state index contributed by atoms with van der Waals surface area (Å²) in [7, 11) is 0. The Kier molecular flexibility index (Phi) is 5.44. The first-order valence-electron chi connectivity index (χ1n) is 6.15. The zero-order valence-corrected chi connectivity index (χ0v) is 13.0. The molecule has 3 nitrogen and oxygen atoms in total. The minimum Gasteiger partial charge on any atom is -0.334 e. The first kappa shape index (κ1) is 14.9. The quantitative estimate of drug-likeness (QED) is 0.853. The van der Waals surface area contributed by atoms with Crippen LogP contribution in [-0.4, -0.2) is 6.03 Å². The third kappa shape index (κ3) is 4.54. The summed E-state index contributed by atoms with van der Waals surface area (Å²) in [6, 6.07) is 15.0. The lowest BCUT2D eigenvalue weighted by molar-refractivity contribution is 0.240. The van der Waals surface area contributed by atoms with E-state index in [0.29, 0.717) is 18.1 Å². The largest absolute Gasteiger partial charge is 0.334 e. The fourth-order valence-electron chi connectivity index (χ4n) is 1.66. The predicted molar refractivity (Wildman–Crippen MR) is 84.7 cm³/mol. The van der Waals surface area contributed by atoms with E-state index < -0.39 is 0 Å². The van der Waals surface area contributed by atoms with E-state index in [1.165, 1.54) is 0 Å². The van der Waals surface area contributed by atoms with Crippen LogP contribution < -0.4 is 10.6 Å². The van der Waals surface area contributed by atoms with Gasteiger partial charge in [-0.15, -0.1) is 0 Å². The maximum atomic E-state index is 11.7. The first-order valence-corrected chi connectivity index (χ1v) is 7.32. The molecule has 0 aliphatic rings.